The lowest BCUT2D eigenvalue weighted by atomic mass is 10.2. The van der Waals surface area contributed by atoms with E-state index >= 15 is 0 Å². The zero-order valence-corrected chi connectivity index (χ0v) is 16.8. The van der Waals surface area contributed by atoms with Gasteiger partial charge < -0.3 is 9.80 Å². The fraction of sp³-hybridized carbons (Fsp3) is 0.368. The number of likely N-dealkylation sites (N-methyl/N-ethyl adjacent to an activating group) is 2. The van der Waals surface area contributed by atoms with Gasteiger partial charge in [-0.1, -0.05) is 12.1 Å². The molecule has 1 aromatic heterocycles. The van der Waals surface area contributed by atoms with Crippen molar-refractivity contribution in [2.45, 2.75) is 20.8 Å². The maximum Gasteiger partial charge on any atom is 0.294 e. The highest BCUT2D eigenvalue weighted by molar-refractivity contribution is 5.94. The summed E-state index contributed by atoms with van der Waals surface area (Å²) in [5.41, 5.74) is -0.781. The Kier molecular flexibility index (Phi) is 6.81. The van der Waals surface area contributed by atoms with Crippen LogP contribution in [0.5, 0.6) is 0 Å². The molecule has 2 rings (SSSR count). The van der Waals surface area contributed by atoms with E-state index in [1.807, 2.05) is 13.8 Å². The van der Waals surface area contributed by atoms with Crippen LogP contribution in [0.15, 0.2) is 35.1 Å². The fourth-order valence-corrected chi connectivity index (χ4v) is 2.87. The third-order valence-electron chi connectivity index (χ3n) is 4.45. The lowest BCUT2D eigenvalue weighted by molar-refractivity contribution is -0.384. The molecule has 29 heavy (non-hydrogen) atoms. The highest BCUT2D eigenvalue weighted by atomic mass is 16.6. The van der Waals surface area contributed by atoms with Gasteiger partial charge in [0, 0.05) is 38.0 Å². The van der Waals surface area contributed by atoms with Crippen molar-refractivity contribution in [3.05, 3.63) is 62.1 Å². The largest absolute Gasteiger partial charge is 0.342 e. The summed E-state index contributed by atoms with van der Waals surface area (Å²) >= 11 is 0. The first-order chi connectivity index (χ1) is 13.7. The van der Waals surface area contributed by atoms with Gasteiger partial charge in [0.15, 0.2) is 5.69 Å². The maximum atomic E-state index is 12.8. The summed E-state index contributed by atoms with van der Waals surface area (Å²) < 4.78 is 1.19. The summed E-state index contributed by atoms with van der Waals surface area (Å²) in [5.74, 6) is -0.986. The molecule has 0 N–H and O–H groups in total. The summed E-state index contributed by atoms with van der Waals surface area (Å²) in [6.07, 6.45) is 0. The van der Waals surface area contributed by atoms with E-state index in [1.165, 1.54) is 36.0 Å². The predicted octanol–water partition coefficient (Wildman–Crippen LogP) is 1.39. The minimum Gasteiger partial charge on any atom is -0.342 e. The van der Waals surface area contributed by atoms with E-state index in [4.69, 9.17) is 0 Å². The highest BCUT2D eigenvalue weighted by Gasteiger charge is 2.24. The predicted molar refractivity (Wildman–Crippen MR) is 106 cm³/mol. The van der Waals surface area contributed by atoms with Crippen LogP contribution >= 0.6 is 0 Å². The molecule has 0 saturated carbocycles. The Morgan fingerprint density at radius 2 is 1.83 bits per heavy atom. The average molecular weight is 401 g/mol. The zero-order chi connectivity index (χ0) is 21.7. The molecule has 2 amide bonds. The summed E-state index contributed by atoms with van der Waals surface area (Å²) in [6.45, 7) is 6.02. The molecule has 0 fully saturated rings. The van der Waals surface area contributed by atoms with E-state index in [9.17, 15) is 24.5 Å². The number of hydrogen-bond donors (Lipinski definition) is 0. The molecule has 154 valence electrons. The Balaban J connectivity index is 2.44. The van der Waals surface area contributed by atoms with Crippen molar-refractivity contribution in [3.63, 3.8) is 0 Å². The van der Waals surface area contributed by atoms with Gasteiger partial charge in [0.05, 0.1) is 11.5 Å². The van der Waals surface area contributed by atoms with E-state index in [0.717, 1.165) is 4.90 Å². The summed E-state index contributed by atoms with van der Waals surface area (Å²) in [6, 6.07) is 7.09. The molecule has 1 aromatic carbocycles. The first-order valence-corrected chi connectivity index (χ1v) is 9.09. The van der Waals surface area contributed by atoms with Crippen LogP contribution in [-0.2, 0) is 4.79 Å². The molecule has 10 heteroatoms. The normalized spacial score (nSPS) is 10.5. The number of hydrogen-bond acceptors (Lipinski definition) is 6. The minimum atomic E-state index is -0.733. The van der Waals surface area contributed by atoms with Gasteiger partial charge in [0.25, 0.3) is 11.6 Å². The summed E-state index contributed by atoms with van der Waals surface area (Å²) in [7, 11) is 1.40. The van der Waals surface area contributed by atoms with Crippen LogP contribution in [-0.4, -0.2) is 63.0 Å². The van der Waals surface area contributed by atoms with Crippen molar-refractivity contribution < 1.29 is 14.5 Å². The van der Waals surface area contributed by atoms with E-state index in [2.05, 4.69) is 5.10 Å². The summed E-state index contributed by atoms with van der Waals surface area (Å²) in [4.78, 5) is 50.8. The third-order valence-corrected chi connectivity index (χ3v) is 4.45. The van der Waals surface area contributed by atoms with Crippen LogP contribution in [0.1, 0.15) is 30.0 Å². The second-order valence-electron chi connectivity index (χ2n) is 6.38. The molecule has 1 heterocycles. The Bertz CT molecular complexity index is 997. The standard InChI is InChI=1S/C19H23N5O5/c1-5-22(6-2)17(26)12-21(4)19(27)18-16(25)11-13(3)23(20-18)14-9-7-8-10-15(14)24(28)29/h7-11H,5-6,12H2,1-4H3. The molecule has 0 radical (unpaired) electrons. The number of nitrogens with zero attached hydrogens (tertiary/aromatic N) is 5. The van der Waals surface area contributed by atoms with Crippen molar-refractivity contribution in [1.82, 2.24) is 19.6 Å². The van der Waals surface area contributed by atoms with Crippen LogP contribution in [0.25, 0.3) is 5.69 Å². The number of carbonyl (C=O) groups is 2. The number of nitro groups is 1. The molecule has 0 saturated heterocycles. The number of amides is 2. The van der Waals surface area contributed by atoms with Crippen LogP contribution < -0.4 is 5.43 Å². The topological polar surface area (TPSA) is 119 Å². The number of nitro benzene ring substituents is 1. The molecule has 0 atom stereocenters. The first-order valence-electron chi connectivity index (χ1n) is 9.09. The van der Waals surface area contributed by atoms with Gasteiger partial charge >= 0.3 is 0 Å². The van der Waals surface area contributed by atoms with E-state index in [0.29, 0.717) is 18.8 Å². The van der Waals surface area contributed by atoms with E-state index in [1.54, 1.807) is 17.9 Å². The van der Waals surface area contributed by atoms with Gasteiger partial charge in [0.1, 0.15) is 5.69 Å². The smallest absolute Gasteiger partial charge is 0.294 e. The van der Waals surface area contributed by atoms with Crippen molar-refractivity contribution >= 4 is 17.5 Å². The minimum absolute atomic E-state index is 0.130. The molecule has 0 aliphatic heterocycles. The monoisotopic (exact) mass is 401 g/mol. The number of rotatable bonds is 7. The molecule has 10 nitrogen and oxygen atoms in total. The Morgan fingerprint density at radius 3 is 2.41 bits per heavy atom. The Morgan fingerprint density at radius 1 is 1.21 bits per heavy atom. The van der Waals surface area contributed by atoms with Crippen LogP contribution in [0.3, 0.4) is 0 Å². The van der Waals surface area contributed by atoms with Crippen molar-refractivity contribution in [3.8, 4) is 5.69 Å². The quantitative estimate of drug-likeness (QED) is 0.511. The third kappa shape index (κ3) is 4.65. The Labute approximate surface area is 167 Å². The highest BCUT2D eigenvalue weighted by Crippen LogP contribution is 2.22. The SMILES string of the molecule is CCN(CC)C(=O)CN(C)C(=O)c1nn(-c2ccccc2[N+](=O)[O-])c(C)cc1=O. The number of carbonyl (C=O) groups excluding carboxylic acids is 2. The van der Waals surface area contributed by atoms with Gasteiger partial charge in [-0.05, 0) is 26.8 Å². The fourth-order valence-electron chi connectivity index (χ4n) is 2.87. The molecule has 0 spiro atoms. The zero-order valence-electron chi connectivity index (χ0n) is 16.8. The average Bonchev–Trinajstić information content (AvgIpc) is 2.68. The molecule has 0 aliphatic carbocycles. The molecule has 2 aromatic rings. The lowest BCUT2D eigenvalue weighted by Crippen LogP contribution is -2.42. The number of aromatic nitrogens is 2. The Hall–Kier alpha value is -3.56. The number of para-hydroxylation sites is 2. The van der Waals surface area contributed by atoms with E-state index < -0.39 is 22.0 Å². The van der Waals surface area contributed by atoms with Crippen molar-refractivity contribution in [2.24, 2.45) is 0 Å². The van der Waals surface area contributed by atoms with Crippen LogP contribution in [0.4, 0.5) is 5.69 Å². The molecular weight excluding hydrogens is 378 g/mol. The second-order valence-corrected chi connectivity index (χ2v) is 6.38. The first kappa shape index (κ1) is 21.7. The molecular formula is C19H23N5O5. The maximum absolute atomic E-state index is 12.8. The van der Waals surface area contributed by atoms with Gasteiger partial charge in [-0.2, -0.15) is 5.10 Å². The van der Waals surface area contributed by atoms with Crippen LogP contribution in [0.2, 0.25) is 0 Å². The van der Waals surface area contributed by atoms with Gasteiger partial charge in [-0.15, -0.1) is 0 Å². The number of aryl methyl sites for hydroxylation is 1. The second kappa shape index (κ2) is 9.09. The van der Waals surface area contributed by atoms with Gasteiger partial charge in [-0.3, -0.25) is 24.5 Å². The van der Waals surface area contributed by atoms with Gasteiger partial charge in [0.2, 0.25) is 11.3 Å². The molecule has 0 aliphatic rings. The van der Waals surface area contributed by atoms with Gasteiger partial charge in [-0.25, -0.2) is 4.68 Å². The molecule has 0 bridgehead atoms. The summed E-state index contributed by atoms with van der Waals surface area (Å²) in [5, 5.41) is 15.4. The van der Waals surface area contributed by atoms with Crippen LogP contribution in [0, 0.1) is 17.0 Å². The lowest BCUT2D eigenvalue weighted by Gasteiger charge is -2.23. The van der Waals surface area contributed by atoms with Crippen molar-refractivity contribution in [2.75, 3.05) is 26.7 Å². The van der Waals surface area contributed by atoms with E-state index in [-0.39, 0.29) is 23.8 Å². The van der Waals surface area contributed by atoms with Crippen molar-refractivity contribution in [1.29, 1.82) is 0 Å². The number of benzene rings is 1. The molecule has 0 unspecified atom stereocenters.